The molecule has 0 amide bonds. The first-order valence-electron chi connectivity index (χ1n) is 7.86. The molecule has 0 bridgehead atoms. The summed E-state index contributed by atoms with van der Waals surface area (Å²) in [7, 11) is 2.50. The fourth-order valence-corrected chi connectivity index (χ4v) is 3.48. The van der Waals surface area contributed by atoms with Crippen molar-refractivity contribution in [3.05, 3.63) is 48.0 Å². The van der Waals surface area contributed by atoms with Gasteiger partial charge in [-0.05, 0) is 36.4 Å². The van der Waals surface area contributed by atoms with E-state index in [9.17, 15) is 17.2 Å². The fraction of sp³-hybridized carbons (Fsp3) is 0.222. The Morgan fingerprint density at radius 1 is 0.778 bits per heavy atom. The molecule has 0 aliphatic heterocycles. The molecule has 0 aromatic heterocycles. The van der Waals surface area contributed by atoms with Crippen LogP contribution in [0.2, 0.25) is 0 Å². The minimum Gasteiger partial charge on any atom is -0.369 e. The van der Waals surface area contributed by atoms with Gasteiger partial charge in [0, 0.05) is 28.2 Å². The van der Waals surface area contributed by atoms with Crippen LogP contribution in [0.1, 0.15) is 0 Å². The topological polar surface area (TPSA) is 65.3 Å². The summed E-state index contributed by atoms with van der Waals surface area (Å²) in [5.74, 6) is -1.97. The van der Waals surface area contributed by atoms with E-state index in [0.717, 1.165) is 24.3 Å². The van der Waals surface area contributed by atoms with Crippen molar-refractivity contribution in [3.63, 3.8) is 0 Å². The maximum absolute atomic E-state index is 14.2. The molecule has 0 heterocycles. The molecule has 144 valence electrons. The highest BCUT2D eigenvalue weighted by molar-refractivity contribution is 7.91. The second-order valence-electron chi connectivity index (χ2n) is 6.15. The molecule has 2 rings (SSSR count). The number of sulfone groups is 1. The van der Waals surface area contributed by atoms with Crippen LogP contribution in [-0.2, 0) is 9.84 Å². The number of hydrogen-bond acceptors (Lipinski definition) is 4. The summed E-state index contributed by atoms with van der Waals surface area (Å²) >= 11 is 0. The zero-order chi connectivity index (χ0) is 20.2. The molecular formula is C18H20F2N4O2S. The summed E-state index contributed by atoms with van der Waals surface area (Å²) in [5.41, 5.74) is 0.455. The van der Waals surface area contributed by atoms with Crippen LogP contribution >= 0.6 is 0 Å². The van der Waals surface area contributed by atoms with Crippen molar-refractivity contribution < 1.29 is 17.2 Å². The molecular weight excluding hydrogens is 374 g/mol. The standard InChI is InChI=1S/C18H20F2N4O2S/c1-23(2)11-21-13-5-7-15(19)17(9-13)27(25,26)18-10-14(6-8-16(18)20)22-12-24(3)4/h5-12H,1-4H3. The zero-order valence-corrected chi connectivity index (χ0v) is 16.2. The lowest BCUT2D eigenvalue weighted by molar-refractivity contribution is 0.552. The van der Waals surface area contributed by atoms with Crippen LogP contribution in [0.4, 0.5) is 20.2 Å². The highest BCUT2D eigenvalue weighted by Crippen LogP contribution is 2.30. The predicted octanol–water partition coefficient (Wildman–Crippen LogP) is 3.24. The van der Waals surface area contributed by atoms with Crippen molar-refractivity contribution in [1.29, 1.82) is 0 Å². The van der Waals surface area contributed by atoms with E-state index >= 15 is 0 Å². The van der Waals surface area contributed by atoms with Crippen molar-refractivity contribution in [3.8, 4) is 0 Å². The van der Waals surface area contributed by atoms with E-state index in [1.54, 1.807) is 38.0 Å². The van der Waals surface area contributed by atoms with Gasteiger partial charge in [0.25, 0.3) is 0 Å². The molecule has 2 aromatic rings. The Hall–Kier alpha value is -2.81. The third-order valence-electron chi connectivity index (χ3n) is 3.28. The molecule has 6 nitrogen and oxygen atoms in total. The van der Waals surface area contributed by atoms with E-state index in [4.69, 9.17) is 0 Å². The van der Waals surface area contributed by atoms with Crippen LogP contribution in [0.25, 0.3) is 0 Å². The van der Waals surface area contributed by atoms with E-state index in [1.807, 2.05) is 0 Å². The Balaban J connectivity index is 2.56. The van der Waals surface area contributed by atoms with Gasteiger partial charge in [0.15, 0.2) is 0 Å². The van der Waals surface area contributed by atoms with E-state index in [2.05, 4.69) is 9.98 Å². The van der Waals surface area contributed by atoms with E-state index in [-0.39, 0.29) is 11.4 Å². The smallest absolute Gasteiger partial charge is 0.212 e. The Labute approximate surface area is 157 Å². The number of benzene rings is 2. The first-order valence-corrected chi connectivity index (χ1v) is 9.35. The largest absolute Gasteiger partial charge is 0.369 e. The Bertz CT molecular complexity index is 913. The monoisotopic (exact) mass is 394 g/mol. The summed E-state index contributed by atoms with van der Waals surface area (Å²) in [5, 5.41) is 0. The summed E-state index contributed by atoms with van der Waals surface area (Å²) in [6.07, 6.45) is 2.89. The van der Waals surface area contributed by atoms with Crippen LogP contribution in [0.15, 0.2) is 56.2 Å². The molecule has 27 heavy (non-hydrogen) atoms. The maximum atomic E-state index is 14.2. The zero-order valence-electron chi connectivity index (χ0n) is 15.4. The summed E-state index contributed by atoms with van der Waals surface area (Å²) < 4.78 is 54.2. The van der Waals surface area contributed by atoms with Gasteiger partial charge in [-0.15, -0.1) is 0 Å². The third kappa shape index (κ3) is 5.10. The maximum Gasteiger partial charge on any atom is 0.212 e. The summed E-state index contributed by atoms with van der Waals surface area (Å²) in [6.45, 7) is 0. The molecule has 9 heteroatoms. The van der Waals surface area contributed by atoms with Crippen molar-refractivity contribution in [2.24, 2.45) is 9.98 Å². The van der Waals surface area contributed by atoms with Gasteiger partial charge in [-0.2, -0.15) is 0 Å². The van der Waals surface area contributed by atoms with Crippen LogP contribution in [0, 0.1) is 11.6 Å². The van der Waals surface area contributed by atoms with Crippen molar-refractivity contribution >= 4 is 33.9 Å². The minimum atomic E-state index is -4.45. The van der Waals surface area contributed by atoms with E-state index in [0.29, 0.717) is 0 Å². The van der Waals surface area contributed by atoms with Crippen LogP contribution in [0.5, 0.6) is 0 Å². The molecule has 2 aromatic carbocycles. The van der Waals surface area contributed by atoms with Gasteiger partial charge >= 0.3 is 0 Å². The number of halogens is 2. The summed E-state index contributed by atoms with van der Waals surface area (Å²) in [4.78, 5) is 10.1. The van der Waals surface area contributed by atoms with Gasteiger partial charge in [-0.1, -0.05) is 0 Å². The van der Waals surface area contributed by atoms with Gasteiger partial charge < -0.3 is 9.80 Å². The Morgan fingerprint density at radius 3 is 1.48 bits per heavy atom. The second kappa shape index (κ2) is 8.26. The lowest BCUT2D eigenvalue weighted by Crippen LogP contribution is -2.08. The second-order valence-corrected chi connectivity index (χ2v) is 8.04. The number of aliphatic imine (C=N–C) groups is 2. The first-order chi connectivity index (χ1) is 12.6. The molecule has 0 unspecified atom stereocenters. The van der Waals surface area contributed by atoms with Gasteiger partial charge in [0.1, 0.15) is 21.4 Å². The van der Waals surface area contributed by atoms with Gasteiger partial charge in [-0.3, -0.25) is 0 Å². The van der Waals surface area contributed by atoms with E-state index < -0.39 is 31.3 Å². The average molecular weight is 394 g/mol. The SMILES string of the molecule is CN(C)C=Nc1ccc(F)c(S(=O)(=O)c2cc(N=CN(C)C)ccc2F)c1. The molecule has 0 radical (unpaired) electrons. The summed E-state index contributed by atoms with van der Waals surface area (Å²) in [6, 6.07) is 6.78. The molecule has 0 aliphatic rings. The fourth-order valence-electron chi connectivity index (χ4n) is 2.04. The third-order valence-corrected chi connectivity index (χ3v) is 5.07. The Kier molecular flexibility index (Phi) is 6.27. The molecule has 0 atom stereocenters. The molecule has 0 saturated carbocycles. The van der Waals surface area contributed by atoms with Crippen molar-refractivity contribution in [2.75, 3.05) is 28.2 Å². The lowest BCUT2D eigenvalue weighted by Gasteiger charge is -2.09. The van der Waals surface area contributed by atoms with Crippen LogP contribution in [-0.4, -0.2) is 59.1 Å². The van der Waals surface area contributed by atoms with Crippen LogP contribution in [0.3, 0.4) is 0 Å². The van der Waals surface area contributed by atoms with Crippen molar-refractivity contribution in [1.82, 2.24) is 9.80 Å². The quantitative estimate of drug-likeness (QED) is 0.557. The number of rotatable bonds is 6. The highest BCUT2D eigenvalue weighted by Gasteiger charge is 2.26. The molecule has 0 N–H and O–H groups in total. The van der Waals surface area contributed by atoms with E-state index in [1.165, 1.54) is 24.8 Å². The predicted molar refractivity (Wildman–Crippen MR) is 102 cm³/mol. The highest BCUT2D eigenvalue weighted by atomic mass is 32.2. The van der Waals surface area contributed by atoms with Gasteiger partial charge in [0.05, 0.1) is 24.1 Å². The molecule has 0 saturated heterocycles. The van der Waals surface area contributed by atoms with Gasteiger partial charge in [0.2, 0.25) is 9.84 Å². The Morgan fingerprint density at radius 2 is 1.15 bits per heavy atom. The first kappa shape index (κ1) is 20.5. The lowest BCUT2D eigenvalue weighted by atomic mass is 10.3. The average Bonchev–Trinajstić information content (AvgIpc) is 2.59. The van der Waals surface area contributed by atoms with Crippen molar-refractivity contribution in [2.45, 2.75) is 9.79 Å². The van der Waals surface area contributed by atoms with Gasteiger partial charge in [-0.25, -0.2) is 27.2 Å². The normalized spacial score (nSPS) is 12.1. The number of hydrogen-bond donors (Lipinski definition) is 0. The number of nitrogens with zero attached hydrogens (tertiary/aromatic N) is 4. The molecule has 0 aliphatic carbocycles. The molecule has 0 fully saturated rings. The minimum absolute atomic E-state index is 0.228. The molecule has 0 spiro atoms. The van der Waals surface area contributed by atoms with Crippen LogP contribution < -0.4 is 0 Å².